The van der Waals surface area contributed by atoms with Crippen molar-refractivity contribution in [2.45, 2.75) is 39.3 Å². The first-order valence-electron chi connectivity index (χ1n) is 9.02. The number of anilines is 2. The van der Waals surface area contributed by atoms with Crippen molar-refractivity contribution >= 4 is 11.8 Å². The maximum Gasteiger partial charge on any atom is 0.257 e. The van der Waals surface area contributed by atoms with Crippen LogP contribution in [0.5, 0.6) is 0 Å². The first-order chi connectivity index (χ1) is 12.1. The molecule has 0 amide bonds. The summed E-state index contributed by atoms with van der Waals surface area (Å²) in [7, 11) is 0. The summed E-state index contributed by atoms with van der Waals surface area (Å²) in [6, 6.07) is 4.12. The number of H-pyrrole nitrogens is 1. The van der Waals surface area contributed by atoms with Crippen molar-refractivity contribution in [3.63, 3.8) is 0 Å². The van der Waals surface area contributed by atoms with Crippen LogP contribution < -0.4 is 16.2 Å². The number of furan rings is 1. The first kappa shape index (κ1) is 16.2. The molecule has 25 heavy (non-hydrogen) atoms. The van der Waals surface area contributed by atoms with Gasteiger partial charge in [-0.25, -0.2) is 4.98 Å². The molecule has 3 N–H and O–H groups in total. The number of aromatic amines is 1. The molecule has 0 saturated carbocycles. The van der Waals surface area contributed by atoms with Gasteiger partial charge in [0.15, 0.2) is 5.88 Å². The molecule has 0 atom stereocenters. The third-order valence-electron chi connectivity index (χ3n) is 5.29. The van der Waals surface area contributed by atoms with E-state index < -0.39 is 0 Å². The van der Waals surface area contributed by atoms with Crippen LogP contribution in [0, 0.1) is 5.92 Å². The number of nitrogens with one attached hydrogen (secondary N) is 1. The van der Waals surface area contributed by atoms with E-state index >= 15 is 0 Å². The molecule has 0 radical (unpaired) electrons. The van der Waals surface area contributed by atoms with Crippen LogP contribution in [0.4, 0.5) is 11.8 Å². The van der Waals surface area contributed by atoms with E-state index in [-0.39, 0.29) is 11.5 Å². The minimum absolute atomic E-state index is 0.130. The van der Waals surface area contributed by atoms with Crippen molar-refractivity contribution in [1.82, 2.24) is 14.9 Å². The van der Waals surface area contributed by atoms with Gasteiger partial charge in [-0.1, -0.05) is 6.92 Å². The van der Waals surface area contributed by atoms with Crippen molar-refractivity contribution in [1.29, 1.82) is 0 Å². The van der Waals surface area contributed by atoms with Crippen molar-refractivity contribution < 1.29 is 4.42 Å². The fourth-order valence-electron chi connectivity index (χ4n) is 3.71. The highest BCUT2D eigenvalue weighted by molar-refractivity contribution is 5.37. The summed E-state index contributed by atoms with van der Waals surface area (Å²) in [5.74, 6) is 2.91. The van der Waals surface area contributed by atoms with Gasteiger partial charge in [0.1, 0.15) is 5.76 Å². The molecular weight excluding hydrogens is 318 g/mol. The van der Waals surface area contributed by atoms with Gasteiger partial charge in [-0.3, -0.25) is 14.7 Å². The zero-order valence-corrected chi connectivity index (χ0v) is 14.6. The molecule has 7 heteroatoms. The molecule has 0 spiro atoms. The van der Waals surface area contributed by atoms with Crippen LogP contribution in [0.15, 0.2) is 21.3 Å². The molecule has 2 aromatic heterocycles. The fourth-order valence-corrected chi connectivity index (χ4v) is 3.71. The Kier molecular flexibility index (Phi) is 4.25. The molecule has 1 saturated heterocycles. The van der Waals surface area contributed by atoms with Crippen LogP contribution in [0.1, 0.15) is 36.8 Å². The van der Waals surface area contributed by atoms with E-state index in [0.29, 0.717) is 13.1 Å². The van der Waals surface area contributed by atoms with E-state index in [9.17, 15) is 4.79 Å². The topological polar surface area (TPSA) is 91.4 Å². The summed E-state index contributed by atoms with van der Waals surface area (Å²) in [5.41, 5.74) is 7.03. The Morgan fingerprint density at radius 2 is 2.12 bits per heavy atom. The average Bonchev–Trinajstić information content (AvgIpc) is 3.04. The van der Waals surface area contributed by atoms with Gasteiger partial charge in [-0.15, -0.1) is 0 Å². The number of nitrogens with two attached hydrogens (primary N) is 1. The van der Waals surface area contributed by atoms with Crippen LogP contribution in [-0.2, 0) is 19.5 Å². The number of nitrogen functional groups attached to an aromatic ring is 1. The Morgan fingerprint density at radius 3 is 2.92 bits per heavy atom. The number of hydrogen-bond acceptors (Lipinski definition) is 6. The Morgan fingerprint density at radius 1 is 1.32 bits per heavy atom. The van der Waals surface area contributed by atoms with Crippen LogP contribution >= 0.6 is 0 Å². The summed E-state index contributed by atoms with van der Waals surface area (Å²) < 4.78 is 6.06. The molecule has 2 aliphatic heterocycles. The highest BCUT2D eigenvalue weighted by Gasteiger charge is 2.23. The predicted molar refractivity (Wildman–Crippen MR) is 96.4 cm³/mol. The van der Waals surface area contributed by atoms with Crippen molar-refractivity contribution in [3.8, 4) is 0 Å². The highest BCUT2D eigenvalue weighted by Crippen LogP contribution is 2.26. The van der Waals surface area contributed by atoms with Gasteiger partial charge in [0.2, 0.25) is 5.95 Å². The second kappa shape index (κ2) is 6.55. The molecule has 134 valence electrons. The lowest BCUT2D eigenvalue weighted by molar-refractivity contribution is 0.222. The van der Waals surface area contributed by atoms with E-state index in [1.165, 1.54) is 12.8 Å². The molecule has 7 nitrogen and oxygen atoms in total. The van der Waals surface area contributed by atoms with Gasteiger partial charge >= 0.3 is 0 Å². The summed E-state index contributed by atoms with van der Waals surface area (Å²) in [6.45, 7) is 6.56. The smallest absolute Gasteiger partial charge is 0.257 e. The normalized spacial score (nSPS) is 19.2. The Hall–Kier alpha value is -2.28. The summed E-state index contributed by atoms with van der Waals surface area (Å²) in [4.78, 5) is 23.5. The molecule has 0 bridgehead atoms. The van der Waals surface area contributed by atoms with Crippen molar-refractivity contribution in [2.75, 3.05) is 30.3 Å². The lowest BCUT2D eigenvalue weighted by atomic mass is 9.99. The van der Waals surface area contributed by atoms with Crippen LogP contribution in [-0.4, -0.2) is 34.5 Å². The predicted octanol–water partition coefficient (Wildman–Crippen LogP) is 1.74. The van der Waals surface area contributed by atoms with Crippen LogP contribution in [0.25, 0.3) is 0 Å². The van der Waals surface area contributed by atoms with Crippen LogP contribution in [0.2, 0.25) is 0 Å². The number of fused-ring (bicyclic) bond motifs is 1. The van der Waals surface area contributed by atoms with E-state index in [1.54, 1.807) is 0 Å². The average molecular weight is 343 g/mol. The minimum Gasteiger partial charge on any atom is -0.444 e. The van der Waals surface area contributed by atoms with Crippen molar-refractivity contribution in [2.24, 2.45) is 5.92 Å². The molecule has 1 fully saturated rings. The fraction of sp³-hybridized carbons (Fsp3) is 0.556. The number of piperidine rings is 1. The first-order valence-corrected chi connectivity index (χ1v) is 9.02. The molecule has 4 rings (SSSR count). The zero-order chi connectivity index (χ0) is 17.4. The summed E-state index contributed by atoms with van der Waals surface area (Å²) in [6.07, 6.45) is 3.18. The van der Waals surface area contributed by atoms with Crippen LogP contribution in [0.3, 0.4) is 0 Å². The molecule has 4 heterocycles. The Bertz CT molecular complexity index is 804. The number of hydrogen-bond donors (Lipinski definition) is 2. The minimum atomic E-state index is -0.130. The molecule has 0 aromatic carbocycles. The lowest BCUT2D eigenvalue weighted by Gasteiger charge is -2.30. The standard InChI is InChI=1S/C18H25N5O2/c1-12-4-8-23(9-5-12)16-3-2-13(25-16)10-22-7-6-15-14(11-22)17(24)21-18(19)20-15/h2-3,12H,4-11H2,1H3,(H3,19,20,21,24). The van der Waals surface area contributed by atoms with E-state index in [1.807, 2.05) is 6.07 Å². The SMILES string of the molecule is CC1CCN(c2ccc(CN3CCc4nc(N)[nH]c(=O)c4C3)o2)CC1. The second-order valence-electron chi connectivity index (χ2n) is 7.25. The third kappa shape index (κ3) is 3.42. The third-order valence-corrected chi connectivity index (χ3v) is 5.29. The quantitative estimate of drug-likeness (QED) is 0.882. The maximum absolute atomic E-state index is 12.1. The van der Waals surface area contributed by atoms with Gasteiger partial charge in [-0.2, -0.15) is 0 Å². The second-order valence-corrected chi connectivity index (χ2v) is 7.25. The van der Waals surface area contributed by atoms with Gasteiger partial charge in [-0.05, 0) is 24.8 Å². The zero-order valence-electron chi connectivity index (χ0n) is 14.6. The summed E-state index contributed by atoms with van der Waals surface area (Å²) >= 11 is 0. The molecule has 2 aromatic rings. The maximum atomic E-state index is 12.1. The largest absolute Gasteiger partial charge is 0.444 e. The Labute approximate surface area is 146 Å². The monoisotopic (exact) mass is 343 g/mol. The van der Waals surface area contributed by atoms with Gasteiger partial charge in [0.25, 0.3) is 5.56 Å². The highest BCUT2D eigenvalue weighted by atomic mass is 16.4. The lowest BCUT2D eigenvalue weighted by Crippen LogP contribution is -2.35. The van der Waals surface area contributed by atoms with Crippen molar-refractivity contribution in [3.05, 3.63) is 39.5 Å². The van der Waals surface area contributed by atoms with E-state index in [4.69, 9.17) is 10.2 Å². The number of aromatic nitrogens is 2. The van der Waals surface area contributed by atoms with Gasteiger partial charge in [0.05, 0.1) is 17.8 Å². The van der Waals surface area contributed by atoms with E-state index in [2.05, 4.69) is 32.8 Å². The molecule has 0 aliphatic carbocycles. The van der Waals surface area contributed by atoms with Gasteiger partial charge in [0, 0.05) is 38.7 Å². The summed E-state index contributed by atoms with van der Waals surface area (Å²) in [5, 5.41) is 0. The Balaban J connectivity index is 1.42. The molecule has 2 aliphatic rings. The molecule has 0 unspecified atom stereocenters. The van der Waals surface area contributed by atoms with Gasteiger partial charge < -0.3 is 15.1 Å². The molecular formula is C18H25N5O2. The number of nitrogens with zero attached hydrogens (tertiary/aromatic N) is 3. The van der Waals surface area contributed by atoms with E-state index in [0.717, 1.165) is 54.9 Å². The number of rotatable bonds is 3.